The van der Waals surface area contributed by atoms with Crippen LogP contribution in [0.2, 0.25) is 0 Å². The molecule has 0 bridgehead atoms. The normalized spacial score (nSPS) is 7.30. The van der Waals surface area contributed by atoms with E-state index >= 15 is 0 Å². The van der Waals surface area contributed by atoms with Gasteiger partial charge in [0.15, 0.2) is 0 Å². The van der Waals surface area contributed by atoms with Gasteiger partial charge in [0.2, 0.25) is 0 Å². The molecule has 0 rings (SSSR count). The van der Waals surface area contributed by atoms with Gasteiger partial charge in [0.05, 0.1) is 6.07 Å². The van der Waals surface area contributed by atoms with Gasteiger partial charge >= 0.3 is 0 Å². The summed E-state index contributed by atoms with van der Waals surface area (Å²) < 4.78 is 0. The molecule has 0 saturated carbocycles. The van der Waals surface area contributed by atoms with Crippen LogP contribution in [-0.2, 0) is 0 Å². The highest BCUT2D eigenvalue weighted by Crippen LogP contribution is 1.88. The van der Waals surface area contributed by atoms with Gasteiger partial charge in [-0.05, 0) is 12.2 Å². The second-order valence-electron chi connectivity index (χ2n) is 1.29. The number of hydrogen-bond donors (Lipinski definition) is 0. The molecule has 0 amide bonds. The molecule has 0 aliphatic rings. The largest absolute Gasteiger partial charge is 0.193 e. The fourth-order valence-corrected chi connectivity index (χ4v) is 0.287. The number of hydrogen-bond acceptors (Lipinski definition) is 3. The Kier molecular flexibility index (Phi) is 4.05. The predicted molar refractivity (Wildman–Crippen MR) is 34.1 cm³/mol. The van der Waals surface area contributed by atoms with Crippen molar-refractivity contribution in [1.29, 1.82) is 15.8 Å². The molecule has 0 N–H and O–H groups in total. The minimum atomic E-state index is -0.00787. The molecule has 0 aromatic rings. The Morgan fingerprint density at radius 3 is 2.10 bits per heavy atom. The first-order valence-electron chi connectivity index (χ1n) is 2.41. The highest BCUT2D eigenvalue weighted by Gasteiger charge is 1.84. The van der Waals surface area contributed by atoms with Gasteiger partial charge in [0.1, 0.15) is 17.7 Å². The van der Waals surface area contributed by atoms with Crippen LogP contribution < -0.4 is 0 Å². The Labute approximate surface area is 58.7 Å². The topological polar surface area (TPSA) is 71.4 Å². The summed E-state index contributed by atoms with van der Waals surface area (Å²) in [5, 5.41) is 24.3. The first-order valence-corrected chi connectivity index (χ1v) is 2.41. The third-order valence-corrected chi connectivity index (χ3v) is 0.675. The van der Waals surface area contributed by atoms with Crippen LogP contribution in [0.3, 0.4) is 0 Å². The summed E-state index contributed by atoms with van der Waals surface area (Å²) in [6.07, 6.45) is 3.82. The van der Waals surface area contributed by atoms with E-state index in [0.717, 1.165) is 0 Å². The van der Waals surface area contributed by atoms with Crippen molar-refractivity contribution in [2.75, 3.05) is 0 Å². The molecule has 0 unspecified atom stereocenters. The molecule has 46 valence electrons. The second kappa shape index (κ2) is 5.09. The van der Waals surface area contributed by atoms with E-state index in [4.69, 9.17) is 15.8 Å². The molecule has 0 atom stereocenters. The lowest BCUT2D eigenvalue weighted by atomic mass is 10.3. The Hall–Kier alpha value is -2.05. The lowest BCUT2D eigenvalue weighted by Gasteiger charge is -1.71. The molecule has 0 aliphatic heterocycles. The van der Waals surface area contributed by atoms with Gasteiger partial charge in [0, 0.05) is 6.08 Å². The highest BCUT2D eigenvalue weighted by molar-refractivity contribution is 5.38. The molecule has 0 saturated heterocycles. The number of nitriles is 3. The van der Waals surface area contributed by atoms with E-state index in [1.165, 1.54) is 18.2 Å². The van der Waals surface area contributed by atoms with E-state index in [1.54, 1.807) is 18.2 Å². The van der Waals surface area contributed by atoms with E-state index in [-0.39, 0.29) is 5.57 Å². The van der Waals surface area contributed by atoms with Crippen LogP contribution in [0.15, 0.2) is 23.8 Å². The molecular formula is C7H3N3. The highest BCUT2D eigenvalue weighted by atomic mass is 14.3. The molecule has 0 aromatic carbocycles. The monoisotopic (exact) mass is 129 g/mol. The van der Waals surface area contributed by atoms with Crippen LogP contribution in [0.25, 0.3) is 0 Å². The second-order valence-corrected chi connectivity index (χ2v) is 1.29. The Morgan fingerprint density at radius 1 is 1.10 bits per heavy atom. The van der Waals surface area contributed by atoms with Gasteiger partial charge < -0.3 is 0 Å². The van der Waals surface area contributed by atoms with Crippen molar-refractivity contribution >= 4 is 0 Å². The molecule has 3 heteroatoms. The summed E-state index contributed by atoms with van der Waals surface area (Å²) >= 11 is 0. The molecule has 0 aliphatic carbocycles. The van der Waals surface area contributed by atoms with Crippen molar-refractivity contribution in [2.24, 2.45) is 0 Å². The molecule has 0 heterocycles. The van der Waals surface area contributed by atoms with Gasteiger partial charge in [-0.25, -0.2) is 0 Å². The molecular weight excluding hydrogens is 126 g/mol. The lowest BCUT2D eigenvalue weighted by molar-refractivity contribution is 1.46. The van der Waals surface area contributed by atoms with Crippen molar-refractivity contribution in [3.63, 3.8) is 0 Å². The summed E-state index contributed by atoms with van der Waals surface area (Å²) in [5.41, 5.74) is -0.00787. The minimum Gasteiger partial charge on any atom is -0.193 e. The van der Waals surface area contributed by atoms with E-state index in [2.05, 4.69) is 0 Å². The number of rotatable bonds is 1. The molecule has 0 radical (unpaired) electrons. The van der Waals surface area contributed by atoms with Gasteiger partial charge in [-0.15, -0.1) is 0 Å². The summed E-state index contributed by atoms with van der Waals surface area (Å²) in [7, 11) is 0. The first-order chi connectivity index (χ1) is 4.85. The maximum Gasteiger partial charge on any atom is 0.129 e. The van der Waals surface area contributed by atoms with Gasteiger partial charge in [0.25, 0.3) is 0 Å². The van der Waals surface area contributed by atoms with Crippen molar-refractivity contribution in [3.05, 3.63) is 23.8 Å². The summed E-state index contributed by atoms with van der Waals surface area (Å²) in [4.78, 5) is 0. The van der Waals surface area contributed by atoms with Gasteiger partial charge in [-0.3, -0.25) is 0 Å². The maximum absolute atomic E-state index is 8.17. The third-order valence-electron chi connectivity index (χ3n) is 0.675. The molecule has 3 nitrogen and oxygen atoms in total. The smallest absolute Gasteiger partial charge is 0.129 e. The zero-order valence-electron chi connectivity index (χ0n) is 5.07. The first kappa shape index (κ1) is 7.95. The average molecular weight is 129 g/mol. The van der Waals surface area contributed by atoms with Crippen molar-refractivity contribution in [2.45, 2.75) is 0 Å². The fourth-order valence-electron chi connectivity index (χ4n) is 0.287. The fraction of sp³-hybridized carbons (Fsp3) is 0. The van der Waals surface area contributed by atoms with Crippen LogP contribution in [-0.4, -0.2) is 0 Å². The zero-order chi connectivity index (χ0) is 7.82. The van der Waals surface area contributed by atoms with E-state index in [0.29, 0.717) is 0 Å². The van der Waals surface area contributed by atoms with E-state index in [9.17, 15) is 0 Å². The maximum atomic E-state index is 8.17. The number of allylic oxidation sites excluding steroid dienone is 4. The predicted octanol–water partition coefficient (Wildman–Crippen LogP) is 1.04. The molecule has 0 aromatic heterocycles. The van der Waals surface area contributed by atoms with Crippen LogP contribution in [0.5, 0.6) is 0 Å². The van der Waals surface area contributed by atoms with Crippen molar-refractivity contribution in [3.8, 4) is 18.2 Å². The summed E-state index contributed by atoms with van der Waals surface area (Å²) in [6.45, 7) is 0. The molecule has 0 fully saturated rings. The van der Waals surface area contributed by atoms with Crippen molar-refractivity contribution in [1.82, 2.24) is 0 Å². The molecule has 0 spiro atoms. The van der Waals surface area contributed by atoms with Crippen LogP contribution >= 0.6 is 0 Å². The average Bonchev–Trinajstić information content (AvgIpc) is 1.99. The van der Waals surface area contributed by atoms with Gasteiger partial charge in [-0.1, -0.05) is 0 Å². The van der Waals surface area contributed by atoms with E-state index in [1.807, 2.05) is 0 Å². The number of nitrogens with zero attached hydrogens (tertiary/aromatic N) is 3. The van der Waals surface area contributed by atoms with Crippen molar-refractivity contribution < 1.29 is 0 Å². The van der Waals surface area contributed by atoms with Gasteiger partial charge in [-0.2, -0.15) is 15.8 Å². The standard InChI is InChI=1S/C7H3N3/c8-4-2-1-3-7(5-9)6-10/h1-3H. The van der Waals surface area contributed by atoms with E-state index < -0.39 is 0 Å². The Bertz CT molecular complexity index is 261. The zero-order valence-corrected chi connectivity index (χ0v) is 5.07. The Balaban J connectivity index is 4.24. The lowest BCUT2D eigenvalue weighted by Crippen LogP contribution is -1.66. The Morgan fingerprint density at radius 2 is 1.70 bits per heavy atom. The summed E-state index contributed by atoms with van der Waals surface area (Å²) in [6, 6.07) is 5.03. The molecule has 10 heavy (non-hydrogen) atoms. The van der Waals surface area contributed by atoms with Crippen LogP contribution in [0.4, 0.5) is 0 Å². The van der Waals surface area contributed by atoms with Crippen LogP contribution in [0.1, 0.15) is 0 Å². The summed E-state index contributed by atoms with van der Waals surface area (Å²) in [5.74, 6) is 0. The van der Waals surface area contributed by atoms with Crippen LogP contribution in [0, 0.1) is 34.0 Å². The SMILES string of the molecule is N#CC=CC=C(C#N)C#N. The minimum absolute atomic E-state index is 0.00787. The third kappa shape index (κ3) is 3.02. The quantitative estimate of drug-likeness (QED) is 0.392.